The zero-order chi connectivity index (χ0) is 13.7. The van der Waals surface area contributed by atoms with Crippen LogP contribution < -0.4 is 10.5 Å². The van der Waals surface area contributed by atoms with Crippen molar-refractivity contribution in [1.29, 1.82) is 0 Å². The highest BCUT2D eigenvalue weighted by Crippen LogP contribution is 2.26. The quantitative estimate of drug-likeness (QED) is 0.879. The van der Waals surface area contributed by atoms with E-state index in [-0.39, 0.29) is 0 Å². The Morgan fingerprint density at radius 1 is 1.05 bits per heavy atom. The lowest BCUT2D eigenvalue weighted by molar-refractivity contribution is 0.317. The van der Waals surface area contributed by atoms with E-state index in [1.807, 2.05) is 12.1 Å². The van der Waals surface area contributed by atoms with Gasteiger partial charge < -0.3 is 10.5 Å². The first kappa shape index (κ1) is 13.6. The van der Waals surface area contributed by atoms with Gasteiger partial charge >= 0.3 is 0 Å². The highest BCUT2D eigenvalue weighted by molar-refractivity contribution is 5.68. The van der Waals surface area contributed by atoms with Crippen molar-refractivity contribution in [2.75, 3.05) is 6.61 Å². The predicted octanol–water partition coefficient (Wildman–Crippen LogP) is 3.91. The fourth-order valence-electron chi connectivity index (χ4n) is 2.06. The van der Waals surface area contributed by atoms with Gasteiger partial charge in [-0.05, 0) is 53.8 Å². The van der Waals surface area contributed by atoms with Crippen molar-refractivity contribution in [3.8, 4) is 16.9 Å². The zero-order valence-corrected chi connectivity index (χ0v) is 11.6. The molecule has 0 aliphatic heterocycles. The van der Waals surface area contributed by atoms with Gasteiger partial charge in [0.15, 0.2) is 0 Å². The van der Waals surface area contributed by atoms with Crippen molar-refractivity contribution in [3.63, 3.8) is 0 Å². The molecule has 2 aromatic rings. The van der Waals surface area contributed by atoms with E-state index in [9.17, 15) is 0 Å². The van der Waals surface area contributed by atoms with Gasteiger partial charge in [0, 0.05) is 6.54 Å². The summed E-state index contributed by atoms with van der Waals surface area (Å²) in [7, 11) is 0. The van der Waals surface area contributed by atoms with Gasteiger partial charge in [-0.1, -0.05) is 31.2 Å². The second-order valence-corrected chi connectivity index (χ2v) is 4.73. The van der Waals surface area contributed by atoms with Crippen molar-refractivity contribution >= 4 is 0 Å². The normalized spacial score (nSPS) is 10.5. The third-order valence-corrected chi connectivity index (χ3v) is 3.18. The largest absolute Gasteiger partial charge is 0.494 e. The maximum Gasteiger partial charge on any atom is 0.119 e. The Labute approximate surface area is 115 Å². The lowest BCUT2D eigenvalue weighted by Crippen LogP contribution is -1.97. The van der Waals surface area contributed by atoms with Gasteiger partial charge in [-0.2, -0.15) is 0 Å². The van der Waals surface area contributed by atoms with Gasteiger partial charge in [0.1, 0.15) is 5.75 Å². The third-order valence-electron chi connectivity index (χ3n) is 3.18. The van der Waals surface area contributed by atoms with Crippen LogP contribution in [0, 0.1) is 6.92 Å². The van der Waals surface area contributed by atoms with Crippen molar-refractivity contribution in [3.05, 3.63) is 53.6 Å². The van der Waals surface area contributed by atoms with Crippen LogP contribution in [0.4, 0.5) is 0 Å². The molecule has 2 N–H and O–H groups in total. The fourth-order valence-corrected chi connectivity index (χ4v) is 2.06. The number of benzene rings is 2. The van der Waals surface area contributed by atoms with Gasteiger partial charge in [0.25, 0.3) is 0 Å². The number of hydrogen-bond donors (Lipinski definition) is 1. The molecule has 0 bridgehead atoms. The van der Waals surface area contributed by atoms with E-state index in [2.05, 4.69) is 44.2 Å². The monoisotopic (exact) mass is 255 g/mol. The molecule has 0 aromatic heterocycles. The summed E-state index contributed by atoms with van der Waals surface area (Å²) in [5.41, 5.74) is 10.6. The van der Waals surface area contributed by atoms with Crippen molar-refractivity contribution in [1.82, 2.24) is 0 Å². The summed E-state index contributed by atoms with van der Waals surface area (Å²) in [4.78, 5) is 0. The first-order valence-corrected chi connectivity index (χ1v) is 6.77. The number of rotatable bonds is 5. The minimum absolute atomic E-state index is 0.574. The summed E-state index contributed by atoms with van der Waals surface area (Å²) < 4.78 is 5.60. The van der Waals surface area contributed by atoms with Crippen LogP contribution in [0.5, 0.6) is 5.75 Å². The van der Waals surface area contributed by atoms with E-state index < -0.39 is 0 Å². The molecular weight excluding hydrogens is 234 g/mol. The van der Waals surface area contributed by atoms with Crippen LogP contribution in [0.3, 0.4) is 0 Å². The standard InChI is InChI=1S/C17H21NO/c1-3-10-19-16-8-6-15(7-9-16)17-11-14(12-18)5-4-13(17)2/h4-9,11H,3,10,12,18H2,1-2H3. The fraction of sp³-hybridized carbons (Fsp3) is 0.294. The average molecular weight is 255 g/mol. The summed E-state index contributed by atoms with van der Waals surface area (Å²) >= 11 is 0. The molecule has 0 unspecified atom stereocenters. The van der Waals surface area contributed by atoms with Crippen LogP contribution in [0.2, 0.25) is 0 Å². The third kappa shape index (κ3) is 3.36. The maximum atomic E-state index is 5.71. The summed E-state index contributed by atoms with van der Waals surface area (Å²) in [5, 5.41) is 0. The van der Waals surface area contributed by atoms with Crippen LogP contribution in [0.15, 0.2) is 42.5 Å². The molecule has 0 heterocycles. The number of hydrogen-bond acceptors (Lipinski definition) is 2. The molecule has 0 radical (unpaired) electrons. The molecule has 0 spiro atoms. The Hall–Kier alpha value is -1.80. The molecule has 0 fully saturated rings. The molecule has 0 aliphatic carbocycles. The van der Waals surface area contributed by atoms with E-state index in [0.29, 0.717) is 6.54 Å². The first-order valence-electron chi connectivity index (χ1n) is 6.77. The second-order valence-electron chi connectivity index (χ2n) is 4.73. The summed E-state index contributed by atoms with van der Waals surface area (Å²) in [6.07, 6.45) is 1.03. The van der Waals surface area contributed by atoms with Crippen molar-refractivity contribution in [2.24, 2.45) is 5.73 Å². The Bertz CT molecular complexity index is 531. The van der Waals surface area contributed by atoms with Crippen molar-refractivity contribution < 1.29 is 4.74 Å². The molecule has 2 rings (SSSR count). The van der Waals surface area contributed by atoms with Gasteiger partial charge in [-0.25, -0.2) is 0 Å². The number of ether oxygens (including phenoxy) is 1. The molecule has 2 nitrogen and oxygen atoms in total. The van der Waals surface area contributed by atoms with E-state index >= 15 is 0 Å². The van der Waals surface area contributed by atoms with Crippen LogP contribution in [0.25, 0.3) is 11.1 Å². The molecule has 100 valence electrons. The van der Waals surface area contributed by atoms with Gasteiger partial charge in [0.2, 0.25) is 0 Å². The lowest BCUT2D eigenvalue weighted by Gasteiger charge is -2.10. The molecule has 0 amide bonds. The molecule has 19 heavy (non-hydrogen) atoms. The summed E-state index contributed by atoms with van der Waals surface area (Å²) in [5.74, 6) is 0.929. The smallest absolute Gasteiger partial charge is 0.119 e. The van der Waals surface area contributed by atoms with Crippen molar-refractivity contribution in [2.45, 2.75) is 26.8 Å². The SMILES string of the molecule is CCCOc1ccc(-c2cc(CN)ccc2C)cc1. The average Bonchev–Trinajstić information content (AvgIpc) is 2.46. The molecule has 0 saturated heterocycles. The topological polar surface area (TPSA) is 35.2 Å². The highest BCUT2D eigenvalue weighted by atomic mass is 16.5. The van der Waals surface area contributed by atoms with Crippen LogP contribution in [0.1, 0.15) is 24.5 Å². The predicted molar refractivity (Wildman–Crippen MR) is 80.3 cm³/mol. The Kier molecular flexibility index (Phi) is 4.58. The number of aryl methyl sites for hydroxylation is 1. The van der Waals surface area contributed by atoms with Crippen LogP contribution >= 0.6 is 0 Å². The molecule has 0 atom stereocenters. The molecule has 2 heteroatoms. The first-order chi connectivity index (χ1) is 9.24. The minimum Gasteiger partial charge on any atom is -0.494 e. The van der Waals surface area contributed by atoms with Gasteiger partial charge in [-0.15, -0.1) is 0 Å². The molecular formula is C17H21NO. The van der Waals surface area contributed by atoms with Gasteiger partial charge in [0.05, 0.1) is 6.61 Å². The van der Waals surface area contributed by atoms with E-state index in [0.717, 1.165) is 24.3 Å². The van der Waals surface area contributed by atoms with Crippen LogP contribution in [-0.2, 0) is 6.54 Å². The minimum atomic E-state index is 0.574. The second kappa shape index (κ2) is 6.39. The highest BCUT2D eigenvalue weighted by Gasteiger charge is 2.03. The van der Waals surface area contributed by atoms with Gasteiger partial charge in [-0.3, -0.25) is 0 Å². The zero-order valence-electron chi connectivity index (χ0n) is 11.6. The maximum absolute atomic E-state index is 5.71. The summed E-state index contributed by atoms with van der Waals surface area (Å²) in [6.45, 7) is 5.57. The van der Waals surface area contributed by atoms with E-state index in [1.54, 1.807) is 0 Å². The van der Waals surface area contributed by atoms with E-state index in [1.165, 1.54) is 16.7 Å². The number of nitrogens with two attached hydrogens (primary N) is 1. The molecule has 0 saturated carbocycles. The Morgan fingerprint density at radius 3 is 2.42 bits per heavy atom. The lowest BCUT2D eigenvalue weighted by atomic mass is 9.98. The summed E-state index contributed by atoms with van der Waals surface area (Å²) in [6, 6.07) is 14.6. The molecule has 0 aliphatic rings. The van der Waals surface area contributed by atoms with E-state index in [4.69, 9.17) is 10.5 Å². The Morgan fingerprint density at radius 2 is 1.79 bits per heavy atom. The Balaban J connectivity index is 2.26. The molecule has 2 aromatic carbocycles. The van der Waals surface area contributed by atoms with Crippen LogP contribution in [-0.4, -0.2) is 6.61 Å².